The number of hydrogen-bond donors (Lipinski definition) is 1. The van der Waals surface area contributed by atoms with Crippen molar-refractivity contribution in [2.45, 2.75) is 19.7 Å². The van der Waals surface area contributed by atoms with Crippen molar-refractivity contribution in [3.8, 4) is 5.88 Å². The Morgan fingerprint density at radius 1 is 1.15 bits per heavy atom. The first-order valence-corrected chi connectivity index (χ1v) is 9.15. The Hall–Kier alpha value is -3.00. The first kappa shape index (κ1) is 17.4. The molecule has 0 unspecified atom stereocenters. The van der Waals surface area contributed by atoms with E-state index < -0.39 is 0 Å². The fourth-order valence-corrected chi connectivity index (χ4v) is 3.09. The summed E-state index contributed by atoms with van der Waals surface area (Å²) in [4.78, 5) is 27.0. The number of amides is 2. The van der Waals surface area contributed by atoms with Gasteiger partial charge in [-0.25, -0.2) is 14.8 Å². The molecule has 136 valence electrons. The fourth-order valence-electron chi connectivity index (χ4n) is 2.81. The highest BCUT2D eigenvalue weighted by molar-refractivity contribution is 9.10. The van der Waals surface area contributed by atoms with Crippen molar-refractivity contribution in [3.05, 3.63) is 76.3 Å². The van der Waals surface area contributed by atoms with E-state index in [9.17, 15) is 4.79 Å². The monoisotopic (exact) mass is 425 g/mol. The number of pyridine rings is 1. The van der Waals surface area contributed by atoms with Gasteiger partial charge in [-0.1, -0.05) is 30.3 Å². The highest BCUT2D eigenvalue weighted by atomic mass is 79.9. The van der Waals surface area contributed by atoms with Crippen LogP contribution in [-0.4, -0.2) is 25.9 Å². The number of rotatable bonds is 4. The summed E-state index contributed by atoms with van der Waals surface area (Å²) in [5, 5.41) is 2.80. The highest BCUT2D eigenvalue weighted by Gasteiger charge is 2.24. The molecule has 27 heavy (non-hydrogen) atoms. The van der Waals surface area contributed by atoms with Crippen LogP contribution < -0.4 is 10.1 Å². The van der Waals surface area contributed by atoms with Gasteiger partial charge in [0, 0.05) is 25.5 Å². The van der Waals surface area contributed by atoms with Crippen LogP contribution in [0.3, 0.4) is 0 Å². The normalized spacial score (nSPS) is 12.6. The first-order valence-electron chi connectivity index (χ1n) is 8.36. The molecule has 0 bridgehead atoms. The van der Waals surface area contributed by atoms with Crippen LogP contribution in [0.25, 0.3) is 0 Å². The van der Waals surface area contributed by atoms with Gasteiger partial charge in [0.2, 0.25) is 0 Å². The maximum Gasteiger partial charge on any atom is 0.323 e. The minimum absolute atomic E-state index is 0.261. The third-order valence-corrected chi connectivity index (χ3v) is 4.55. The van der Waals surface area contributed by atoms with Crippen LogP contribution >= 0.6 is 15.9 Å². The summed E-state index contributed by atoms with van der Waals surface area (Å²) < 4.78 is 6.28. The molecule has 0 radical (unpaired) electrons. The molecule has 1 aromatic carbocycles. The summed E-state index contributed by atoms with van der Waals surface area (Å²) >= 11 is 3.29. The van der Waals surface area contributed by atoms with Crippen LogP contribution in [0.2, 0.25) is 0 Å². The van der Waals surface area contributed by atoms with Gasteiger partial charge in [-0.05, 0) is 38.7 Å². The number of carbonyl (C=O) groups excluding carboxylic acids is 1. The Labute approximate surface area is 164 Å². The zero-order valence-corrected chi connectivity index (χ0v) is 15.9. The summed E-state index contributed by atoms with van der Waals surface area (Å²) in [7, 11) is 0. The Morgan fingerprint density at radius 2 is 1.96 bits per heavy atom. The summed E-state index contributed by atoms with van der Waals surface area (Å²) in [6.07, 6.45) is 5.05. The molecule has 0 saturated carbocycles. The molecule has 2 amide bonds. The number of ether oxygens (including phenoxy) is 1. The molecule has 1 aliphatic heterocycles. The molecular formula is C19H16BrN5O2. The van der Waals surface area contributed by atoms with Crippen molar-refractivity contribution < 1.29 is 9.53 Å². The molecule has 2 aromatic heterocycles. The molecule has 0 saturated heterocycles. The van der Waals surface area contributed by atoms with E-state index in [-0.39, 0.29) is 17.7 Å². The van der Waals surface area contributed by atoms with Crippen LogP contribution in [0.5, 0.6) is 5.88 Å². The van der Waals surface area contributed by atoms with E-state index in [4.69, 9.17) is 4.74 Å². The molecule has 1 aliphatic rings. The van der Waals surface area contributed by atoms with E-state index in [2.05, 4.69) is 36.2 Å². The largest absolute Gasteiger partial charge is 0.470 e. The maximum atomic E-state index is 12.7. The van der Waals surface area contributed by atoms with Crippen molar-refractivity contribution in [2.24, 2.45) is 0 Å². The zero-order valence-electron chi connectivity index (χ0n) is 14.3. The van der Waals surface area contributed by atoms with Gasteiger partial charge < -0.3 is 9.64 Å². The van der Waals surface area contributed by atoms with Crippen LogP contribution in [0.4, 0.5) is 10.6 Å². The predicted molar refractivity (Wildman–Crippen MR) is 103 cm³/mol. The Balaban J connectivity index is 1.47. The molecule has 0 fully saturated rings. The molecule has 7 nitrogen and oxygen atoms in total. The Bertz CT molecular complexity index is 942. The lowest BCUT2D eigenvalue weighted by Gasteiger charge is -2.17. The number of hydrogen-bond acceptors (Lipinski definition) is 5. The third-order valence-electron chi connectivity index (χ3n) is 4.17. The van der Waals surface area contributed by atoms with E-state index in [1.807, 2.05) is 36.4 Å². The van der Waals surface area contributed by atoms with E-state index in [1.165, 1.54) is 6.20 Å². The van der Waals surface area contributed by atoms with Crippen molar-refractivity contribution in [1.82, 2.24) is 19.9 Å². The van der Waals surface area contributed by atoms with Gasteiger partial charge >= 0.3 is 6.03 Å². The second-order valence-electron chi connectivity index (χ2n) is 6.05. The van der Waals surface area contributed by atoms with Crippen molar-refractivity contribution in [2.75, 3.05) is 5.32 Å². The lowest BCUT2D eigenvalue weighted by Crippen LogP contribution is -2.30. The van der Waals surface area contributed by atoms with E-state index in [0.29, 0.717) is 24.3 Å². The van der Waals surface area contributed by atoms with Gasteiger partial charge in [0.15, 0.2) is 5.82 Å². The summed E-state index contributed by atoms with van der Waals surface area (Å²) in [5.41, 5.74) is 3.15. The van der Waals surface area contributed by atoms with Gasteiger partial charge in [-0.3, -0.25) is 10.3 Å². The minimum atomic E-state index is -0.261. The third kappa shape index (κ3) is 4.06. The van der Waals surface area contributed by atoms with Crippen LogP contribution in [0, 0.1) is 0 Å². The van der Waals surface area contributed by atoms with Crippen molar-refractivity contribution in [3.63, 3.8) is 0 Å². The Morgan fingerprint density at radius 3 is 2.78 bits per heavy atom. The number of urea groups is 1. The summed E-state index contributed by atoms with van der Waals surface area (Å²) in [6.45, 7) is 1.38. The fraction of sp³-hybridized carbons (Fsp3) is 0.158. The van der Waals surface area contributed by atoms with Gasteiger partial charge in [0.25, 0.3) is 5.88 Å². The Kier molecular flexibility index (Phi) is 4.97. The molecule has 0 spiro atoms. The summed E-state index contributed by atoms with van der Waals surface area (Å²) in [6, 6.07) is 11.4. The number of nitrogens with one attached hydrogen (secondary N) is 1. The average molecular weight is 426 g/mol. The molecule has 3 heterocycles. The number of benzene rings is 1. The van der Waals surface area contributed by atoms with E-state index in [0.717, 1.165) is 16.7 Å². The van der Waals surface area contributed by atoms with E-state index in [1.54, 1.807) is 17.3 Å². The van der Waals surface area contributed by atoms with Crippen LogP contribution in [0.1, 0.15) is 16.7 Å². The van der Waals surface area contributed by atoms with Crippen molar-refractivity contribution in [1.29, 1.82) is 0 Å². The number of aromatic nitrogens is 3. The zero-order chi connectivity index (χ0) is 18.6. The molecular weight excluding hydrogens is 410 g/mol. The average Bonchev–Trinajstić information content (AvgIpc) is 3.13. The standard InChI is InChI=1S/C19H16BrN5O2/c20-16-9-22-18(27-12-13-4-2-1-3-5-13)17(23-16)24-19(26)25-10-14-6-7-21-8-15(14)11-25/h1-9H,10-12H2,(H,23,24,26). The second-order valence-corrected chi connectivity index (χ2v) is 6.86. The van der Waals surface area contributed by atoms with Crippen LogP contribution in [-0.2, 0) is 19.7 Å². The second kappa shape index (κ2) is 7.71. The number of nitrogens with zero attached hydrogens (tertiary/aromatic N) is 4. The van der Waals surface area contributed by atoms with Gasteiger partial charge in [0.05, 0.1) is 6.20 Å². The van der Waals surface area contributed by atoms with Gasteiger partial charge in [0.1, 0.15) is 11.2 Å². The minimum Gasteiger partial charge on any atom is -0.470 e. The lowest BCUT2D eigenvalue weighted by atomic mass is 10.2. The van der Waals surface area contributed by atoms with Gasteiger partial charge in [-0.2, -0.15) is 0 Å². The smallest absolute Gasteiger partial charge is 0.323 e. The number of anilines is 1. The number of carbonyl (C=O) groups is 1. The molecule has 3 aromatic rings. The first-order chi connectivity index (χ1) is 13.2. The van der Waals surface area contributed by atoms with E-state index >= 15 is 0 Å². The maximum absolute atomic E-state index is 12.7. The molecule has 1 N–H and O–H groups in total. The van der Waals surface area contributed by atoms with Crippen molar-refractivity contribution >= 4 is 27.8 Å². The van der Waals surface area contributed by atoms with Crippen LogP contribution in [0.15, 0.2) is 59.6 Å². The molecule has 0 aliphatic carbocycles. The lowest BCUT2D eigenvalue weighted by molar-refractivity contribution is 0.212. The molecule has 0 atom stereocenters. The molecule has 4 rings (SSSR count). The highest BCUT2D eigenvalue weighted by Crippen LogP contribution is 2.25. The summed E-state index contributed by atoms with van der Waals surface area (Å²) in [5.74, 6) is 0.549. The topological polar surface area (TPSA) is 80.2 Å². The van der Waals surface area contributed by atoms with Gasteiger partial charge in [-0.15, -0.1) is 0 Å². The molecule has 8 heteroatoms. The number of halogens is 1. The SMILES string of the molecule is O=C(Nc1nc(Br)cnc1OCc1ccccc1)N1Cc2ccncc2C1. The quantitative estimate of drug-likeness (QED) is 0.687. The predicted octanol–water partition coefficient (Wildman–Crippen LogP) is 3.76. The number of fused-ring (bicyclic) bond motifs is 1.